The lowest BCUT2D eigenvalue weighted by atomic mass is 10.1. The lowest BCUT2D eigenvalue weighted by Gasteiger charge is -2.24. The highest BCUT2D eigenvalue weighted by Gasteiger charge is 2.21. The number of amides is 1. The summed E-state index contributed by atoms with van der Waals surface area (Å²) in [7, 11) is 5.93. The molecule has 1 atom stereocenters. The normalized spacial score (nSPS) is 15.5. The number of aryl methyl sites for hydroxylation is 1. The van der Waals surface area contributed by atoms with Gasteiger partial charge in [0.15, 0.2) is 0 Å². The standard InChI is InChI=1S/C18H25N5O/c1-21(2)17(16-8-20-22(3)10-16)9-19-18(24)13-23-11-14-6-4-5-7-15(14)12-23/h4-8,10,17H,9,11-13H2,1-3H3,(H,19,24)/t17-/m1/s1. The van der Waals surface area contributed by atoms with Crippen LogP contribution in [0.3, 0.4) is 0 Å². The fraction of sp³-hybridized carbons (Fsp3) is 0.444. The fourth-order valence-electron chi connectivity index (χ4n) is 3.20. The number of nitrogens with one attached hydrogen (secondary N) is 1. The summed E-state index contributed by atoms with van der Waals surface area (Å²) in [5.41, 5.74) is 3.76. The topological polar surface area (TPSA) is 53.4 Å². The van der Waals surface area contributed by atoms with Gasteiger partial charge in [0.25, 0.3) is 0 Å². The maximum Gasteiger partial charge on any atom is 0.234 e. The molecule has 1 amide bonds. The lowest BCUT2D eigenvalue weighted by Crippen LogP contribution is -2.39. The van der Waals surface area contributed by atoms with Crippen LogP contribution in [0.25, 0.3) is 0 Å². The molecule has 0 fully saturated rings. The van der Waals surface area contributed by atoms with E-state index < -0.39 is 0 Å². The van der Waals surface area contributed by atoms with Gasteiger partial charge in [-0.15, -0.1) is 0 Å². The van der Waals surface area contributed by atoms with Crippen molar-refractivity contribution in [3.05, 3.63) is 53.3 Å². The molecule has 6 nitrogen and oxygen atoms in total. The van der Waals surface area contributed by atoms with Crippen LogP contribution in [0.1, 0.15) is 22.7 Å². The first-order valence-electron chi connectivity index (χ1n) is 8.23. The molecule has 2 heterocycles. The Morgan fingerprint density at radius 1 is 1.29 bits per heavy atom. The van der Waals surface area contributed by atoms with E-state index in [1.807, 2.05) is 33.5 Å². The van der Waals surface area contributed by atoms with E-state index in [1.165, 1.54) is 11.1 Å². The molecule has 1 aliphatic rings. The molecule has 24 heavy (non-hydrogen) atoms. The molecule has 0 aliphatic carbocycles. The molecule has 0 saturated carbocycles. The summed E-state index contributed by atoms with van der Waals surface area (Å²) < 4.78 is 1.79. The second-order valence-electron chi connectivity index (χ2n) is 6.64. The molecule has 6 heteroatoms. The first-order valence-corrected chi connectivity index (χ1v) is 8.23. The van der Waals surface area contributed by atoms with E-state index in [1.54, 1.807) is 4.68 Å². The number of rotatable bonds is 6. The van der Waals surface area contributed by atoms with Crippen LogP contribution in [-0.4, -0.2) is 52.7 Å². The monoisotopic (exact) mass is 327 g/mol. The molecule has 0 radical (unpaired) electrons. The Labute approximate surface area is 143 Å². The lowest BCUT2D eigenvalue weighted by molar-refractivity contribution is -0.122. The molecule has 1 N–H and O–H groups in total. The Morgan fingerprint density at radius 2 is 1.96 bits per heavy atom. The van der Waals surface area contributed by atoms with Gasteiger partial charge >= 0.3 is 0 Å². The van der Waals surface area contributed by atoms with Crippen LogP contribution >= 0.6 is 0 Å². The van der Waals surface area contributed by atoms with Crippen LogP contribution in [0, 0.1) is 0 Å². The third-order valence-corrected chi connectivity index (χ3v) is 4.50. The van der Waals surface area contributed by atoms with E-state index in [9.17, 15) is 4.79 Å². The van der Waals surface area contributed by atoms with Crippen molar-refractivity contribution >= 4 is 5.91 Å². The van der Waals surface area contributed by atoms with Crippen molar-refractivity contribution in [2.24, 2.45) is 7.05 Å². The van der Waals surface area contributed by atoms with Crippen LogP contribution in [0.4, 0.5) is 0 Å². The van der Waals surface area contributed by atoms with Crippen LogP contribution < -0.4 is 5.32 Å². The highest BCUT2D eigenvalue weighted by molar-refractivity contribution is 5.78. The van der Waals surface area contributed by atoms with Crippen molar-refractivity contribution in [2.45, 2.75) is 19.1 Å². The maximum atomic E-state index is 12.3. The number of hydrogen-bond donors (Lipinski definition) is 1. The van der Waals surface area contributed by atoms with Gasteiger partial charge < -0.3 is 10.2 Å². The van der Waals surface area contributed by atoms with E-state index in [-0.39, 0.29) is 11.9 Å². The molecule has 0 unspecified atom stereocenters. The maximum absolute atomic E-state index is 12.3. The van der Waals surface area contributed by atoms with E-state index in [2.05, 4.69) is 44.5 Å². The van der Waals surface area contributed by atoms with Crippen LogP contribution in [0.5, 0.6) is 0 Å². The summed E-state index contributed by atoms with van der Waals surface area (Å²) in [4.78, 5) is 16.6. The van der Waals surface area contributed by atoms with E-state index in [4.69, 9.17) is 0 Å². The van der Waals surface area contributed by atoms with Gasteiger partial charge in [0.1, 0.15) is 0 Å². The average Bonchev–Trinajstić information content (AvgIpc) is 3.12. The molecule has 0 spiro atoms. The second kappa shape index (κ2) is 7.15. The van der Waals surface area contributed by atoms with Gasteiger partial charge in [-0.25, -0.2) is 0 Å². The number of benzene rings is 1. The van der Waals surface area contributed by atoms with Crippen molar-refractivity contribution in [2.75, 3.05) is 27.2 Å². The minimum absolute atomic E-state index is 0.0681. The van der Waals surface area contributed by atoms with Crippen LogP contribution in [0.2, 0.25) is 0 Å². The Balaban J connectivity index is 1.52. The Hall–Kier alpha value is -2.18. The fourth-order valence-corrected chi connectivity index (χ4v) is 3.20. The number of fused-ring (bicyclic) bond motifs is 1. The van der Waals surface area contributed by atoms with Crippen molar-refractivity contribution in [3.63, 3.8) is 0 Å². The predicted molar refractivity (Wildman–Crippen MR) is 93.2 cm³/mol. The van der Waals surface area contributed by atoms with Gasteiger partial charge in [0.2, 0.25) is 5.91 Å². The van der Waals surface area contributed by atoms with Gasteiger partial charge in [-0.3, -0.25) is 14.4 Å². The summed E-state index contributed by atoms with van der Waals surface area (Å²) in [6.45, 7) is 2.72. The van der Waals surface area contributed by atoms with Crippen molar-refractivity contribution < 1.29 is 4.79 Å². The zero-order valence-electron chi connectivity index (χ0n) is 14.6. The number of carbonyl (C=O) groups is 1. The summed E-state index contributed by atoms with van der Waals surface area (Å²) in [5, 5.41) is 7.29. The number of aromatic nitrogens is 2. The Kier molecular flexibility index (Phi) is 4.97. The second-order valence-corrected chi connectivity index (χ2v) is 6.64. The summed E-state index contributed by atoms with van der Waals surface area (Å²) in [6, 6.07) is 8.50. The molecule has 128 valence electrons. The molecule has 1 aromatic heterocycles. The minimum atomic E-state index is 0.0681. The zero-order valence-corrected chi connectivity index (χ0v) is 14.6. The molecule has 1 aliphatic heterocycles. The van der Waals surface area contributed by atoms with E-state index in [0.717, 1.165) is 18.7 Å². The summed E-state index contributed by atoms with van der Waals surface area (Å²) >= 11 is 0. The van der Waals surface area contributed by atoms with Crippen molar-refractivity contribution in [1.82, 2.24) is 24.9 Å². The van der Waals surface area contributed by atoms with E-state index >= 15 is 0 Å². The molecule has 3 rings (SSSR count). The van der Waals surface area contributed by atoms with Crippen molar-refractivity contribution in [3.8, 4) is 0 Å². The zero-order chi connectivity index (χ0) is 17.1. The first kappa shape index (κ1) is 16.7. The number of likely N-dealkylation sites (N-methyl/N-ethyl adjacent to an activating group) is 1. The minimum Gasteiger partial charge on any atom is -0.353 e. The Bertz CT molecular complexity index is 684. The summed E-state index contributed by atoms with van der Waals surface area (Å²) in [6.07, 6.45) is 3.85. The van der Waals surface area contributed by atoms with Crippen molar-refractivity contribution in [1.29, 1.82) is 0 Å². The first-order chi connectivity index (χ1) is 11.5. The predicted octanol–water partition coefficient (Wildman–Crippen LogP) is 1.15. The highest BCUT2D eigenvalue weighted by Crippen LogP contribution is 2.21. The third kappa shape index (κ3) is 3.83. The Morgan fingerprint density at radius 3 is 2.50 bits per heavy atom. The van der Waals surface area contributed by atoms with E-state index in [0.29, 0.717) is 13.1 Å². The SMILES string of the molecule is CN(C)[C@H](CNC(=O)CN1Cc2ccccc2C1)c1cnn(C)c1. The van der Waals surface area contributed by atoms with Crippen LogP contribution in [0.15, 0.2) is 36.7 Å². The van der Waals surface area contributed by atoms with Gasteiger partial charge in [-0.05, 0) is 25.2 Å². The quantitative estimate of drug-likeness (QED) is 0.865. The van der Waals surface area contributed by atoms with Gasteiger partial charge in [-0.2, -0.15) is 5.10 Å². The molecule has 0 saturated heterocycles. The highest BCUT2D eigenvalue weighted by atomic mass is 16.2. The summed E-state index contributed by atoms with van der Waals surface area (Å²) in [5.74, 6) is 0.0681. The molecular formula is C18H25N5O. The van der Waals surface area contributed by atoms with Gasteiger partial charge in [0.05, 0.1) is 18.8 Å². The van der Waals surface area contributed by atoms with Gasteiger partial charge in [-0.1, -0.05) is 24.3 Å². The smallest absolute Gasteiger partial charge is 0.234 e. The number of nitrogens with zero attached hydrogens (tertiary/aromatic N) is 4. The largest absolute Gasteiger partial charge is 0.353 e. The number of hydrogen-bond acceptors (Lipinski definition) is 4. The molecule has 2 aromatic rings. The van der Waals surface area contributed by atoms with Crippen LogP contribution in [-0.2, 0) is 24.9 Å². The molecular weight excluding hydrogens is 302 g/mol. The third-order valence-electron chi connectivity index (χ3n) is 4.50. The van der Waals surface area contributed by atoms with Gasteiger partial charge in [0, 0.05) is 38.4 Å². The molecule has 1 aromatic carbocycles. The average molecular weight is 327 g/mol. The molecule has 0 bridgehead atoms. The number of carbonyl (C=O) groups excluding carboxylic acids is 1.